The smallest absolute Gasteiger partial charge is 0.227 e. The average Bonchev–Trinajstić information content (AvgIpc) is 3.09. The van der Waals surface area contributed by atoms with Crippen molar-refractivity contribution < 1.29 is 9.47 Å². The third-order valence-electron chi connectivity index (χ3n) is 4.11. The molecule has 1 aromatic heterocycles. The molecule has 1 heterocycles. The van der Waals surface area contributed by atoms with Crippen molar-refractivity contribution in [3.63, 3.8) is 0 Å². The number of H-pyrrole nitrogens is 1. The molecule has 134 valence electrons. The van der Waals surface area contributed by atoms with Crippen molar-refractivity contribution in [2.45, 2.75) is 65.3 Å². The summed E-state index contributed by atoms with van der Waals surface area (Å²) in [6, 6.07) is 5.99. The van der Waals surface area contributed by atoms with Crippen molar-refractivity contribution in [1.82, 2.24) is 20.7 Å². The molecular formula is C18H30N4O2. The number of hydrogen-bond acceptors (Lipinski definition) is 5. The molecular weight excluding hydrogens is 304 g/mol. The summed E-state index contributed by atoms with van der Waals surface area (Å²) in [5, 5.41) is 14.5. The van der Waals surface area contributed by atoms with Crippen LogP contribution in [-0.2, 0) is 16.0 Å². The highest BCUT2D eigenvalue weighted by Gasteiger charge is 2.29. The van der Waals surface area contributed by atoms with Crippen LogP contribution in [0.2, 0.25) is 0 Å². The van der Waals surface area contributed by atoms with Crippen LogP contribution in [0.4, 0.5) is 0 Å². The van der Waals surface area contributed by atoms with E-state index in [2.05, 4.69) is 47.6 Å². The van der Waals surface area contributed by atoms with Gasteiger partial charge in [0.05, 0.1) is 13.2 Å². The lowest BCUT2D eigenvalue weighted by atomic mass is 10.1. The summed E-state index contributed by atoms with van der Waals surface area (Å²) in [6.45, 7) is 8.41. The second-order valence-corrected chi connectivity index (χ2v) is 5.97. The minimum absolute atomic E-state index is 0.621. The summed E-state index contributed by atoms with van der Waals surface area (Å²) < 4.78 is 12.2. The van der Waals surface area contributed by atoms with Gasteiger partial charge in [0.2, 0.25) is 5.91 Å². The third-order valence-corrected chi connectivity index (χ3v) is 4.11. The van der Waals surface area contributed by atoms with Crippen LogP contribution in [0, 0.1) is 0 Å². The van der Waals surface area contributed by atoms with Crippen molar-refractivity contribution in [3.8, 4) is 0 Å². The van der Waals surface area contributed by atoms with E-state index >= 15 is 0 Å². The first-order chi connectivity index (χ1) is 11.7. The van der Waals surface area contributed by atoms with Crippen molar-refractivity contribution in [3.05, 3.63) is 23.8 Å². The fourth-order valence-electron chi connectivity index (χ4n) is 2.53. The van der Waals surface area contributed by atoms with Gasteiger partial charge >= 0.3 is 0 Å². The number of ether oxygens (including phenoxy) is 2. The largest absolute Gasteiger partial charge is 0.337 e. The molecule has 0 aliphatic heterocycles. The molecule has 0 aliphatic rings. The van der Waals surface area contributed by atoms with E-state index in [-0.39, 0.29) is 0 Å². The van der Waals surface area contributed by atoms with Crippen molar-refractivity contribution >= 4 is 11.0 Å². The van der Waals surface area contributed by atoms with E-state index < -0.39 is 5.91 Å². The zero-order chi connectivity index (χ0) is 17.3. The van der Waals surface area contributed by atoms with Gasteiger partial charge in [0.1, 0.15) is 11.0 Å². The quantitative estimate of drug-likeness (QED) is 0.457. The monoisotopic (exact) mass is 334 g/mol. The number of aromatic amines is 1. The molecule has 6 heteroatoms. The van der Waals surface area contributed by atoms with Gasteiger partial charge in [-0.05, 0) is 24.5 Å². The van der Waals surface area contributed by atoms with E-state index in [0.717, 1.165) is 48.7 Å². The van der Waals surface area contributed by atoms with Crippen LogP contribution in [-0.4, -0.2) is 34.5 Å². The predicted molar refractivity (Wildman–Crippen MR) is 95.5 cm³/mol. The van der Waals surface area contributed by atoms with Gasteiger partial charge in [-0.2, -0.15) is 15.4 Å². The van der Waals surface area contributed by atoms with Crippen LogP contribution in [0.3, 0.4) is 0 Å². The van der Waals surface area contributed by atoms with Crippen molar-refractivity contribution in [2.75, 3.05) is 13.2 Å². The molecule has 0 fully saturated rings. The Morgan fingerprint density at radius 1 is 1.04 bits per heavy atom. The lowest BCUT2D eigenvalue weighted by molar-refractivity contribution is -0.260. The normalized spacial score (nSPS) is 12.1. The Labute approximate surface area is 144 Å². The molecule has 0 amide bonds. The van der Waals surface area contributed by atoms with Gasteiger partial charge in [-0.3, -0.25) is 5.32 Å². The molecule has 0 saturated carbocycles. The van der Waals surface area contributed by atoms with Gasteiger partial charge in [0.25, 0.3) is 0 Å². The topological polar surface area (TPSA) is 72.1 Å². The Hall–Kier alpha value is -1.50. The van der Waals surface area contributed by atoms with Gasteiger partial charge < -0.3 is 9.47 Å². The standard InChI is InChI=1S/C18H30N4O2/c1-4-7-12-23-18(6-3,24-13-8-5-2)19-14-15-10-9-11-16-17(15)21-22-20-16/h9-11,19H,4-8,12-14H2,1-3H3,(H,20,21,22). The van der Waals surface area contributed by atoms with Gasteiger partial charge in [-0.15, -0.1) is 0 Å². The fourth-order valence-corrected chi connectivity index (χ4v) is 2.53. The Morgan fingerprint density at radius 3 is 2.38 bits per heavy atom. The van der Waals surface area contributed by atoms with E-state index in [4.69, 9.17) is 9.47 Å². The van der Waals surface area contributed by atoms with E-state index in [0.29, 0.717) is 19.8 Å². The number of nitrogens with one attached hydrogen (secondary N) is 2. The molecule has 0 radical (unpaired) electrons. The maximum Gasteiger partial charge on any atom is 0.227 e. The third kappa shape index (κ3) is 5.00. The maximum absolute atomic E-state index is 6.10. The Morgan fingerprint density at radius 2 is 1.75 bits per heavy atom. The van der Waals surface area contributed by atoms with Crippen LogP contribution in [0.1, 0.15) is 58.4 Å². The molecule has 2 aromatic rings. The molecule has 24 heavy (non-hydrogen) atoms. The molecule has 6 nitrogen and oxygen atoms in total. The van der Waals surface area contributed by atoms with Crippen LogP contribution >= 0.6 is 0 Å². The Bertz CT molecular complexity index is 589. The molecule has 1 aromatic carbocycles. The van der Waals surface area contributed by atoms with Crippen LogP contribution < -0.4 is 5.32 Å². The van der Waals surface area contributed by atoms with Crippen molar-refractivity contribution in [2.24, 2.45) is 0 Å². The lowest BCUT2D eigenvalue weighted by Gasteiger charge is -2.34. The van der Waals surface area contributed by atoms with Gasteiger partial charge in [0, 0.05) is 13.0 Å². The maximum atomic E-state index is 6.10. The van der Waals surface area contributed by atoms with Crippen LogP contribution in [0.15, 0.2) is 18.2 Å². The SMILES string of the molecule is CCCCOC(CC)(NCc1cccc2n[nH]nc12)OCCCC. The second-order valence-electron chi connectivity index (χ2n) is 5.97. The van der Waals surface area contributed by atoms with E-state index in [1.165, 1.54) is 0 Å². The molecule has 0 bridgehead atoms. The van der Waals surface area contributed by atoms with Crippen molar-refractivity contribution in [1.29, 1.82) is 0 Å². The Balaban J connectivity index is 2.06. The van der Waals surface area contributed by atoms with E-state index in [1.807, 2.05) is 12.1 Å². The summed E-state index contributed by atoms with van der Waals surface area (Å²) >= 11 is 0. The zero-order valence-corrected chi connectivity index (χ0v) is 15.1. The predicted octanol–water partition coefficient (Wildman–Crippen LogP) is 3.74. The Kier molecular flexibility index (Phi) is 7.62. The molecule has 0 spiro atoms. The number of aromatic nitrogens is 3. The highest BCUT2D eigenvalue weighted by atomic mass is 16.7. The highest BCUT2D eigenvalue weighted by molar-refractivity contribution is 5.77. The second kappa shape index (κ2) is 9.71. The minimum atomic E-state index is -0.740. The number of rotatable bonds is 12. The number of para-hydroxylation sites is 1. The first-order valence-corrected chi connectivity index (χ1v) is 9.06. The molecule has 0 atom stereocenters. The van der Waals surface area contributed by atoms with Crippen LogP contribution in [0.5, 0.6) is 0 Å². The van der Waals surface area contributed by atoms with Gasteiger partial charge in [-0.25, -0.2) is 0 Å². The van der Waals surface area contributed by atoms with Gasteiger partial charge in [0.15, 0.2) is 0 Å². The molecule has 0 saturated heterocycles. The molecule has 2 N–H and O–H groups in total. The van der Waals surface area contributed by atoms with Gasteiger partial charge in [-0.1, -0.05) is 45.7 Å². The highest BCUT2D eigenvalue weighted by Crippen LogP contribution is 2.19. The number of fused-ring (bicyclic) bond motifs is 1. The summed E-state index contributed by atoms with van der Waals surface area (Å²) in [5.41, 5.74) is 2.84. The number of unbranched alkanes of at least 4 members (excludes halogenated alkanes) is 2. The summed E-state index contributed by atoms with van der Waals surface area (Å²) in [6.07, 6.45) is 5.01. The number of benzene rings is 1. The van der Waals surface area contributed by atoms with Crippen LogP contribution in [0.25, 0.3) is 11.0 Å². The first kappa shape index (κ1) is 18.8. The summed E-state index contributed by atoms with van der Waals surface area (Å²) in [5.74, 6) is -0.740. The number of hydrogen-bond donors (Lipinski definition) is 2. The molecule has 0 aliphatic carbocycles. The first-order valence-electron chi connectivity index (χ1n) is 9.06. The summed E-state index contributed by atoms with van der Waals surface area (Å²) in [4.78, 5) is 0. The number of nitrogens with zero attached hydrogens (tertiary/aromatic N) is 2. The summed E-state index contributed by atoms with van der Waals surface area (Å²) in [7, 11) is 0. The lowest BCUT2D eigenvalue weighted by Crippen LogP contribution is -2.49. The van der Waals surface area contributed by atoms with E-state index in [1.54, 1.807) is 0 Å². The molecule has 0 unspecified atom stereocenters. The zero-order valence-electron chi connectivity index (χ0n) is 15.1. The molecule has 2 rings (SSSR count). The van der Waals surface area contributed by atoms with E-state index in [9.17, 15) is 0 Å². The average molecular weight is 334 g/mol. The fraction of sp³-hybridized carbons (Fsp3) is 0.667. The minimum Gasteiger partial charge on any atom is -0.337 e.